The first-order valence-corrected chi connectivity index (χ1v) is 6.81. The Hall–Kier alpha value is -0.610. The van der Waals surface area contributed by atoms with E-state index in [1.165, 1.54) is 12.8 Å². The number of likely N-dealkylation sites (tertiary alicyclic amines) is 1. The molecule has 0 aliphatic carbocycles. The van der Waals surface area contributed by atoms with Crippen LogP contribution >= 0.6 is 0 Å². The van der Waals surface area contributed by atoms with Gasteiger partial charge in [0.1, 0.15) is 0 Å². The lowest BCUT2D eigenvalue weighted by atomic mass is 9.93. The summed E-state index contributed by atoms with van der Waals surface area (Å²) in [5.41, 5.74) is 0. The van der Waals surface area contributed by atoms with Crippen molar-refractivity contribution in [3.8, 4) is 0 Å². The molecular formula is C13H24N2O2. The van der Waals surface area contributed by atoms with E-state index in [-0.39, 0.29) is 6.10 Å². The summed E-state index contributed by atoms with van der Waals surface area (Å²) in [6.07, 6.45) is 5.51. The lowest BCUT2D eigenvalue weighted by Gasteiger charge is -2.23. The van der Waals surface area contributed by atoms with Crippen LogP contribution in [0.4, 0.5) is 0 Å². The maximum Gasteiger partial charge on any atom is 0.222 e. The molecule has 17 heavy (non-hydrogen) atoms. The fourth-order valence-corrected chi connectivity index (χ4v) is 2.80. The van der Waals surface area contributed by atoms with Crippen LogP contribution in [0.3, 0.4) is 0 Å². The van der Waals surface area contributed by atoms with Crippen molar-refractivity contribution in [1.29, 1.82) is 0 Å². The zero-order valence-electron chi connectivity index (χ0n) is 10.8. The van der Waals surface area contributed by atoms with Gasteiger partial charge in [-0.25, -0.2) is 0 Å². The molecule has 0 unspecified atom stereocenters. The predicted molar refractivity (Wildman–Crippen MR) is 66.8 cm³/mol. The molecule has 0 bridgehead atoms. The fourth-order valence-electron chi connectivity index (χ4n) is 2.80. The van der Waals surface area contributed by atoms with E-state index in [1.807, 2.05) is 4.90 Å². The van der Waals surface area contributed by atoms with Crippen molar-refractivity contribution < 1.29 is 9.53 Å². The number of hydrogen-bond donors (Lipinski definition) is 1. The summed E-state index contributed by atoms with van der Waals surface area (Å²) in [6.45, 7) is 3.91. The zero-order valence-corrected chi connectivity index (χ0v) is 10.8. The molecule has 0 aromatic heterocycles. The first kappa shape index (κ1) is 12.8. The van der Waals surface area contributed by atoms with Crippen LogP contribution in [-0.4, -0.2) is 50.2 Å². The molecule has 4 nitrogen and oxygen atoms in total. The Morgan fingerprint density at radius 2 is 2.12 bits per heavy atom. The average molecular weight is 240 g/mol. The molecule has 0 spiro atoms. The van der Waals surface area contributed by atoms with E-state index in [4.69, 9.17) is 4.74 Å². The van der Waals surface area contributed by atoms with Gasteiger partial charge in [-0.2, -0.15) is 0 Å². The minimum Gasteiger partial charge on any atom is -0.380 e. The van der Waals surface area contributed by atoms with Crippen LogP contribution in [0.25, 0.3) is 0 Å². The lowest BCUT2D eigenvalue weighted by Crippen LogP contribution is -2.31. The van der Waals surface area contributed by atoms with E-state index < -0.39 is 0 Å². The molecule has 98 valence electrons. The summed E-state index contributed by atoms with van der Waals surface area (Å²) in [7, 11) is 1.73. The van der Waals surface area contributed by atoms with Crippen molar-refractivity contribution in [2.45, 2.75) is 38.2 Å². The third-order valence-corrected chi connectivity index (χ3v) is 4.06. The van der Waals surface area contributed by atoms with Crippen molar-refractivity contribution in [3.05, 3.63) is 0 Å². The number of methoxy groups -OCH3 is 1. The van der Waals surface area contributed by atoms with Crippen LogP contribution in [0.2, 0.25) is 0 Å². The van der Waals surface area contributed by atoms with Gasteiger partial charge in [0.2, 0.25) is 5.91 Å². The predicted octanol–water partition coefficient (Wildman–Crippen LogP) is 1.01. The minimum absolute atomic E-state index is 0.262. The molecule has 2 rings (SSSR count). The van der Waals surface area contributed by atoms with Gasteiger partial charge in [-0.05, 0) is 44.7 Å². The van der Waals surface area contributed by atoms with Crippen molar-refractivity contribution in [2.24, 2.45) is 5.92 Å². The third kappa shape index (κ3) is 3.68. The van der Waals surface area contributed by atoms with Crippen LogP contribution in [0, 0.1) is 5.92 Å². The summed E-state index contributed by atoms with van der Waals surface area (Å²) in [5, 5.41) is 3.36. The Kier molecular flexibility index (Phi) is 4.80. The number of carbonyl (C=O) groups is 1. The molecule has 2 saturated heterocycles. The number of rotatable bonds is 4. The van der Waals surface area contributed by atoms with Crippen molar-refractivity contribution in [3.63, 3.8) is 0 Å². The molecule has 1 amide bonds. The van der Waals surface area contributed by atoms with Gasteiger partial charge in [-0.1, -0.05) is 0 Å². The molecule has 2 aliphatic heterocycles. The number of hydrogen-bond acceptors (Lipinski definition) is 3. The molecule has 2 heterocycles. The highest BCUT2D eigenvalue weighted by Crippen LogP contribution is 2.20. The Bertz CT molecular complexity index is 252. The summed E-state index contributed by atoms with van der Waals surface area (Å²) in [6, 6.07) is 0. The summed E-state index contributed by atoms with van der Waals surface area (Å²) in [5.74, 6) is 1.07. The molecular weight excluding hydrogens is 216 g/mol. The van der Waals surface area contributed by atoms with Crippen LogP contribution < -0.4 is 5.32 Å². The SMILES string of the molecule is CO[C@H]1CCN(C(=O)CCC2CCNCC2)C1. The fraction of sp³-hybridized carbons (Fsp3) is 0.923. The van der Waals surface area contributed by atoms with Gasteiger partial charge in [0.05, 0.1) is 6.10 Å². The van der Waals surface area contributed by atoms with Gasteiger partial charge >= 0.3 is 0 Å². The van der Waals surface area contributed by atoms with Crippen LogP contribution in [0.15, 0.2) is 0 Å². The van der Waals surface area contributed by atoms with E-state index in [0.717, 1.165) is 51.4 Å². The minimum atomic E-state index is 0.262. The second kappa shape index (κ2) is 6.36. The molecule has 0 aromatic rings. The first-order chi connectivity index (χ1) is 8.29. The van der Waals surface area contributed by atoms with Crippen LogP contribution in [-0.2, 0) is 9.53 Å². The van der Waals surface area contributed by atoms with E-state index in [9.17, 15) is 4.79 Å². The largest absolute Gasteiger partial charge is 0.380 e. The van der Waals surface area contributed by atoms with Gasteiger partial charge in [0.25, 0.3) is 0 Å². The highest BCUT2D eigenvalue weighted by atomic mass is 16.5. The van der Waals surface area contributed by atoms with Gasteiger partial charge in [-0.15, -0.1) is 0 Å². The summed E-state index contributed by atoms with van der Waals surface area (Å²) >= 11 is 0. The van der Waals surface area contributed by atoms with Crippen molar-refractivity contribution in [2.75, 3.05) is 33.3 Å². The van der Waals surface area contributed by atoms with E-state index in [0.29, 0.717) is 5.91 Å². The molecule has 0 radical (unpaired) electrons. The number of nitrogens with zero attached hydrogens (tertiary/aromatic N) is 1. The smallest absolute Gasteiger partial charge is 0.222 e. The van der Waals surface area contributed by atoms with E-state index in [1.54, 1.807) is 7.11 Å². The highest BCUT2D eigenvalue weighted by Gasteiger charge is 2.26. The second-order valence-corrected chi connectivity index (χ2v) is 5.22. The van der Waals surface area contributed by atoms with Crippen molar-refractivity contribution in [1.82, 2.24) is 10.2 Å². The number of carbonyl (C=O) groups excluding carboxylic acids is 1. The number of amides is 1. The molecule has 2 fully saturated rings. The molecule has 0 saturated carbocycles. The van der Waals surface area contributed by atoms with E-state index >= 15 is 0 Å². The third-order valence-electron chi connectivity index (χ3n) is 4.06. The monoisotopic (exact) mass is 240 g/mol. The molecule has 0 aromatic carbocycles. The van der Waals surface area contributed by atoms with Gasteiger partial charge < -0.3 is 15.0 Å². The second-order valence-electron chi connectivity index (χ2n) is 5.22. The Morgan fingerprint density at radius 1 is 1.35 bits per heavy atom. The van der Waals surface area contributed by atoms with Crippen LogP contribution in [0.5, 0.6) is 0 Å². The quantitative estimate of drug-likeness (QED) is 0.797. The Labute approximate surface area is 104 Å². The number of nitrogens with one attached hydrogen (secondary N) is 1. The highest BCUT2D eigenvalue weighted by molar-refractivity contribution is 5.76. The number of piperidine rings is 1. The van der Waals surface area contributed by atoms with Crippen LogP contribution in [0.1, 0.15) is 32.1 Å². The molecule has 1 atom stereocenters. The first-order valence-electron chi connectivity index (χ1n) is 6.81. The van der Waals surface area contributed by atoms with E-state index in [2.05, 4.69) is 5.32 Å². The average Bonchev–Trinajstić information content (AvgIpc) is 2.86. The normalized spacial score (nSPS) is 26.4. The molecule has 4 heteroatoms. The zero-order chi connectivity index (χ0) is 12.1. The topological polar surface area (TPSA) is 41.6 Å². The molecule has 1 N–H and O–H groups in total. The summed E-state index contributed by atoms with van der Waals surface area (Å²) < 4.78 is 5.28. The Balaban J connectivity index is 1.66. The van der Waals surface area contributed by atoms with Crippen molar-refractivity contribution >= 4 is 5.91 Å². The van der Waals surface area contributed by atoms with Gasteiger partial charge in [0.15, 0.2) is 0 Å². The van der Waals surface area contributed by atoms with Gasteiger partial charge in [0, 0.05) is 26.6 Å². The molecule has 2 aliphatic rings. The standard InChI is InChI=1S/C13H24N2O2/c1-17-12-6-9-15(10-12)13(16)3-2-11-4-7-14-8-5-11/h11-12,14H,2-10H2,1H3/t12-/m0/s1. The summed E-state index contributed by atoms with van der Waals surface area (Å²) in [4.78, 5) is 14.0. The maximum absolute atomic E-state index is 12.0. The van der Waals surface area contributed by atoms with Gasteiger partial charge in [-0.3, -0.25) is 4.79 Å². The maximum atomic E-state index is 12.0. The number of ether oxygens (including phenoxy) is 1. The Morgan fingerprint density at radius 3 is 2.76 bits per heavy atom. The lowest BCUT2D eigenvalue weighted by molar-refractivity contribution is -0.130.